The summed E-state index contributed by atoms with van der Waals surface area (Å²) in [6.45, 7) is 7.91. The van der Waals surface area contributed by atoms with Crippen LogP contribution in [0.2, 0.25) is 0 Å². The molecule has 0 heterocycles. The molecule has 0 aliphatic heterocycles. The van der Waals surface area contributed by atoms with Crippen LogP contribution in [0, 0.1) is 23.5 Å². The van der Waals surface area contributed by atoms with Crippen molar-refractivity contribution in [3.05, 3.63) is 145 Å². The molecule has 252 valence electrons. The Morgan fingerprint density at radius 2 is 1.02 bits per heavy atom. The molecule has 0 amide bonds. The number of carbonyl (C=O) groups is 2. The molecule has 0 aromatic heterocycles. The number of halogens is 2. The molecule has 0 radical (unpaired) electrons. The van der Waals surface area contributed by atoms with Gasteiger partial charge in [-0.1, -0.05) is 67.5 Å². The molecule has 5 aromatic rings. The first-order valence-electron chi connectivity index (χ1n) is 15.9. The van der Waals surface area contributed by atoms with Gasteiger partial charge >= 0.3 is 11.9 Å². The lowest BCUT2D eigenvalue weighted by atomic mass is 9.96. The summed E-state index contributed by atoms with van der Waals surface area (Å²) in [5, 5.41) is 1.79. The largest absolute Gasteiger partial charge is 0.493 e. The summed E-state index contributed by atoms with van der Waals surface area (Å²) in [4.78, 5) is 22.2. The molecule has 0 unspecified atom stereocenters. The first-order chi connectivity index (χ1) is 24.3. The van der Waals surface area contributed by atoms with E-state index in [9.17, 15) is 9.59 Å². The minimum Gasteiger partial charge on any atom is -0.493 e. The standard InChI is InChI=1S/C42H34F2O6/c1-3-39(45)49-25-5-23-47-35-17-10-29(11-18-35)7-8-30-9-12-33-28-34(14-13-32(33)27-30)38-22-21-37(41(43)42(38)44)31-15-19-36(20-16-31)48-24-6-26-50-40(46)4-2/h3-4,9-22,27-28H,1-2,5-6,23-26H2. The molecule has 6 nitrogen and oxygen atoms in total. The summed E-state index contributed by atoms with van der Waals surface area (Å²) in [6, 6.07) is 28.5. The normalized spacial score (nSPS) is 10.4. The molecule has 50 heavy (non-hydrogen) atoms. The molecule has 5 aromatic carbocycles. The van der Waals surface area contributed by atoms with Crippen LogP contribution in [0.1, 0.15) is 24.0 Å². The second kappa shape index (κ2) is 17.3. The lowest BCUT2D eigenvalue weighted by Gasteiger charge is -2.11. The smallest absolute Gasteiger partial charge is 0.330 e. The van der Waals surface area contributed by atoms with Gasteiger partial charge in [0.25, 0.3) is 0 Å². The van der Waals surface area contributed by atoms with Crippen LogP contribution in [0.25, 0.3) is 33.0 Å². The first kappa shape index (κ1) is 35.1. The monoisotopic (exact) mass is 672 g/mol. The zero-order chi connectivity index (χ0) is 35.3. The van der Waals surface area contributed by atoms with Crippen LogP contribution in [0.4, 0.5) is 8.78 Å². The Bertz CT molecular complexity index is 2060. The summed E-state index contributed by atoms with van der Waals surface area (Å²) in [7, 11) is 0. The Labute approximate surface area is 289 Å². The van der Waals surface area contributed by atoms with Crippen molar-refractivity contribution >= 4 is 22.7 Å². The quantitative estimate of drug-likeness (QED) is 0.0508. The molecule has 0 atom stereocenters. The molecule has 0 saturated heterocycles. The van der Waals surface area contributed by atoms with Gasteiger partial charge in [-0.3, -0.25) is 0 Å². The second-order valence-electron chi connectivity index (χ2n) is 11.0. The van der Waals surface area contributed by atoms with Gasteiger partial charge in [-0.25, -0.2) is 18.4 Å². The molecular formula is C42H34F2O6. The number of rotatable bonds is 14. The lowest BCUT2D eigenvalue weighted by molar-refractivity contribution is -0.138. The SMILES string of the molecule is C=CC(=O)OCCCOc1ccc(C#Cc2ccc3cc(-c4ccc(-c5ccc(OCCCOC(=O)C=C)cc5)c(F)c4F)ccc3c2)cc1. The topological polar surface area (TPSA) is 71.1 Å². The number of esters is 2. The molecule has 0 aliphatic rings. The van der Waals surface area contributed by atoms with E-state index < -0.39 is 23.6 Å². The highest BCUT2D eigenvalue weighted by atomic mass is 19.2. The molecule has 0 aliphatic carbocycles. The second-order valence-corrected chi connectivity index (χ2v) is 11.0. The Morgan fingerprint density at radius 1 is 0.560 bits per heavy atom. The predicted molar refractivity (Wildman–Crippen MR) is 190 cm³/mol. The third kappa shape index (κ3) is 9.45. The Balaban J connectivity index is 1.19. The van der Waals surface area contributed by atoms with E-state index in [2.05, 4.69) is 25.0 Å². The molecule has 5 rings (SSSR count). The van der Waals surface area contributed by atoms with E-state index in [0.717, 1.165) is 34.1 Å². The highest BCUT2D eigenvalue weighted by Crippen LogP contribution is 2.33. The van der Waals surface area contributed by atoms with Crippen molar-refractivity contribution < 1.29 is 37.3 Å². The van der Waals surface area contributed by atoms with Crippen molar-refractivity contribution in [2.45, 2.75) is 12.8 Å². The summed E-state index contributed by atoms with van der Waals surface area (Å²) in [6.07, 6.45) is 3.29. The Kier molecular flexibility index (Phi) is 12.1. The van der Waals surface area contributed by atoms with Crippen molar-refractivity contribution in [2.75, 3.05) is 26.4 Å². The highest BCUT2D eigenvalue weighted by molar-refractivity contribution is 5.89. The van der Waals surface area contributed by atoms with Gasteiger partial charge in [0.05, 0.1) is 26.4 Å². The van der Waals surface area contributed by atoms with Gasteiger partial charge in [0, 0.05) is 47.2 Å². The van der Waals surface area contributed by atoms with E-state index in [0.29, 0.717) is 48.7 Å². The zero-order valence-electron chi connectivity index (χ0n) is 27.3. The van der Waals surface area contributed by atoms with Crippen molar-refractivity contribution in [2.24, 2.45) is 0 Å². The maximum absolute atomic E-state index is 15.4. The van der Waals surface area contributed by atoms with Crippen LogP contribution in [0.15, 0.2) is 122 Å². The van der Waals surface area contributed by atoms with Crippen molar-refractivity contribution in [3.8, 4) is 45.6 Å². The van der Waals surface area contributed by atoms with Crippen LogP contribution in [0.5, 0.6) is 11.5 Å². The van der Waals surface area contributed by atoms with Crippen molar-refractivity contribution in [1.29, 1.82) is 0 Å². The fraction of sp³-hybridized carbons (Fsp3) is 0.143. The minimum absolute atomic E-state index is 0.143. The van der Waals surface area contributed by atoms with Crippen molar-refractivity contribution in [1.82, 2.24) is 0 Å². The number of ether oxygens (including phenoxy) is 4. The maximum atomic E-state index is 15.4. The van der Waals surface area contributed by atoms with E-state index in [1.54, 1.807) is 42.5 Å². The average Bonchev–Trinajstić information content (AvgIpc) is 3.15. The molecule has 0 N–H and O–H groups in total. The molecule has 8 heteroatoms. The van der Waals surface area contributed by atoms with Gasteiger partial charge in [-0.2, -0.15) is 0 Å². The molecule has 0 fully saturated rings. The molecule has 0 bridgehead atoms. The average molecular weight is 673 g/mol. The summed E-state index contributed by atoms with van der Waals surface area (Å²) < 4.78 is 51.9. The van der Waals surface area contributed by atoms with Gasteiger partial charge in [0.15, 0.2) is 11.6 Å². The number of hydrogen-bond acceptors (Lipinski definition) is 6. The number of hydrogen-bond donors (Lipinski definition) is 0. The third-order valence-electron chi connectivity index (χ3n) is 7.54. The van der Waals surface area contributed by atoms with E-state index in [1.807, 2.05) is 54.6 Å². The van der Waals surface area contributed by atoms with Crippen LogP contribution in [-0.2, 0) is 19.1 Å². The highest BCUT2D eigenvalue weighted by Gasteiger charge is 2.16. The van der Waals surface area contributed by atoms with Crippen LogP contribution < -0.4 is 9.47 Å². The van der Waals surface area contributed by atoms with Gasteiger partial charge in [0.1, 0.15) is 11.5 Å². The minimum atomic E-state index is -0.933. The van der Waals surface area contributed by atoms with Crippen molar-refractivity contribution in [3.63, 3.8) is 0 Å². The first-order valence-corrected chi connectivity index (χ1v) is 15.9. The Hall–Kier alpha value is -6.20. The van der Waals surface area contributed by atoms with E-state index >= 15 is 8.78 Å². The summed E-state index contributed by atoms with van der Waals surface area (Å²) in [5.74, 6) is 4.78. The van der Waals surface area contributed by atoms with E-state index in [-0.39, 0.29) is 24.3 Å². The van der Waals surface area contributed by atoms with Gasteiger partial charge in [-0.05, 0) is 76.5 Å². The zero-order valence-corrected chi connectivity index (χ0v) is 27.3. The fourth-order valence-electron chi connectivity index (χ4n) is 4.96. The number of carbonyl (C=O) groups excluding carboxylic acids is 2. The van der Waals surface area contributed by atoms with Crippen LogP contribution in [-0.4, -0.2) is 38.4 Å². The third-order valence-corrected chi connectivity index (χ3v) is 7.54. The van der Waals surface area contributed by atoms with E-state index in [1.165, 1.54) is 0 Å². The summed E-state index contributed by atoms with van der Waals surface area (Å²) >= 11 is 0. The van der Waals surface area contributed by atoms with Gasteiger partial charge in [-0.15, -0.1) is 0 Å². The Morgan fingerprint density at radius 3 is 1.60 bits per heavy atom. The van der Waals surface area contributed by atoms with Crippen LogP contribution in [0.3, 0.4) is 0 Å². The molecular weight excluding hydrogens is 638 g/mol. The number of fused-ring (bicyclic) bond motifs is 1. The van der Waals surface area contributed by atoms with Crippen LogP contribution >= 0.6 is 0 Å². The molecule has 0 saturated carbocycles. The van der Waals surface area contributed by atoms with Gasteiger partial charge < -0.3 is 18.9 Å². The predicted octanol–water partition coefficient (Wildman–Crippen LogP) is 8.85. The number of benzene rings is 5. The van der Waals surface area contributed by atoms with E-state index in [4.69, 9.17) is 18.9 Å². The lowest BCUT2D eigenvalue weighted by Crippen LogP contribution is -2.06. The summed E-state index contributed by atoms with van der Waals surface area (Å²) in [5.41, 5.74) is 3.01. The maximum Gasteiger partial charge on any atom is 0.330 e. The molecule has 0 spiro atoms. The fourth-order valence-corrected chi connectivity index (χ4v) is 4.96. The van der Waals surface area contributed by atoms with Gasteiger partial charge in [0.2, 0.25) is 0 Å².